The van der Waals surface area contributed by atoms with Gasteiger partial charge in [0.05, 0.1) is 4.90 Å². The van der Waals surface area contributed by atoms with Gasteiger partial charge in [-0.1, -0.05) is 30.7 Å². The SMILES string of the molecule is CCn1c(C(=O)Nc2cccc(S(=O)(=O)N3CCCCC3)c2)cc2ccccc21. The Kier molecular flexibility index (Phi) is 5.43. The number of rotatable bonds is 5. The highest BCUT2D eigenvalue weighted by Gasteiger charge is 2.26. The molecule has 0 saturated carbocycles. The van der Waals surface area contributed by atoms with Crippen LogP contribution in [0.5, 0.6) is 0 Å². The Bertz CT molecular complexity index is 1150. The summed E-state index contributed by atoms with van der Waals surface area (Å²) in [6.07, 6.45) is 2.84. The summed E-state index contributed by atoms with van der Waals surface area (Å²) >= 11 is 0. The van der Waals surface area contributed by atoms with Crippen molar-refractivity contribution in [1.82, 2.24) is 8.87 Å². The van der Waals surface area contributed by atoms with E-state index in [-0.39, 0.29) is 10.8 Å². The van der Waals surface area contributed by atoms with E-state index in [1.165, 1.54) is 4.31 Å². The Labute approximate surface area is 171 Å². The van der Waals surface area contributed by atoms with Crippen molar-refractivity contribution in [3.05, 3.63) is 60.3 Å². The number of benzene rings is 2. The number of aromatic nitrogens is 1. The van der Waals surface area contributed by atoms with E-state index in [0.717, 1.165) is 30.2 Å². The van der Waals surface area contributed by atoms with Gasteiger partial charge in [0, 0.05) is 36.2 Å². The first-order valence-corrected chi connectivity index (χ1v) is 11.4. The van der Waals surface area contributed by atoms with Crippen LogP contribution in [-0.4, -0.2) is 36.3 Å². The van der Waals surface area contributed by atoms with Crippen molar-refractivity contribution >= 4 is 32.5 Å². The van der Waals surface area contributed by atoms with Gasteiger partial charge in [-0.15, -0.1) is 0 Å². The number of amides is 1. The molecule has 0 unspecified atom stereocenters. The minimum atomic E-state index is -3.54. The monoisotopic (exact) mass is 411 g/mol. The molecule has 0 aliphatic carbocycles. The zero-order valence-electron chi connectivity index (χ0n) is 16.5. The highest BCUT2D eigenvalue weighted by Crippen LogP contribution is 2.24. The molecule has 0 bridgehead atoms. The van der Waals surface area contributed by atoms with E-state index >= 15 is 0 Å². The van der Waals surface area contributed by atoms with Crippen LogP contribution >= 0.6 is 0 Å². The molecule has 1 aromatic heterocycles. The number of carbonyl (C=O) groups is 1. The van der Waals surface area contributed by atoms with Crippen LogP contribution in [0.3, 0.4) is 0 Å². The van der Waals surface area contributed by atoms with E-state index in [9.17, 15) is 13.2 Å². The number of hydrogen-bond donors (Lipinski definition) is 1. The maximum absolute atomic E-state index is 12.9. The van der Waals surface area contributed by atoms with Crippen molar-refractivity contribution in [1.29, 1.82) is 0 Å². The summed E-state index contributed by atoms with van der Waals surface area (Å²) in [5, 5.41) is 3.87. The number of aryl methyl sites for hydroxylation is 1. The van der Waals surface area contributed by atoms with Crippen molar-refractivity contribution in [2.75, 3.05) is 18.4 Å². The summed E-state index contributed by atoms with van der Waals surface area (Å²) in [4.78, 5) is 13.2. The van der Waals surface area contributed by atoms with E-state index < -0.39 is 10.0 Å². The number of nitrogens with zero attached hydrogens (tertiary/aromatic N) is 2. The predicted molar refractivity (Wildman–Crippen MR) is 115 cm³/mol. The third kappa shape index (κ3) is 3.80. The number of para-hydroxylation sites is 1. The quantitative estimate of drug-likeness (QED) is 0.687. The fourth-order valence-corrected chi connectivity index (χ4v) is 5.49. The highest BCUT2D eigenvalue weighted by molar-refractivity contribution is 7.89. The lowest BCUT2D eigenvalue weighted by atomic mass is 10.2. The van der Waals surface area contributed by atoms with Crippen LogP contribution in [0.25, 0.3) is 10.9 Å². The molecule has 3 aromatic rings. The Morgan fingerprint density at radius 2 is 1.76 bits per heavy atom. The molecule has 1 amide bonds. The van der Waals surface area contributed by atoms with Gasteiger partial charge in [-0.3, -0.25) is 4.79 Å². The van der Waals surface area contributed by atoms with Crippen LogP contribution in [0.1, 0.15) is 36.7 Å². The molecule has 7 heteroatoms. The Balaban J connectivity index is 1.61. The van der Waals surface area contributed by atoms with Gasteiger partial charge >= 0.3 is 0 Å². The van der Waals surface area contributed by atoms with Gasteiger partial charge in [0.2, 0.25) is 10.0 Å². The van der Waals surface area contributed by atoms with Crippen LogP contribution in [-0.2, 0) is 16.6 Å². The van der Waals surface area contributed by atoms with Gasteiger partial charge < -0.3 is 9.88 Å². The summed E-state index contributed by atoms with van der Waals surface area (Å²) < 4.78 is 29.3. The molecule has 4 rings (SSSR count). The largest absolute Gasteiger partial charge is 0.337 e. The second-order valence-electron chi connectivity index (χ2n) is 7.28. The van der Waals surface area contributed by atoms with E-state index in [1.807, 2.05) is 41.8 Å². The fourth-order valence-electron chi connectivity index (χ4n) is 3.92. The number of anilines is 1. The topological polar surface area (TPSA) is 71.4 Å². The number of sulfonamides is 1. The Morgan fingerprint density at radius 3 is 2.52 bits per heavy atom. The molecular weight excluding hydrogens is 386 g/mol. The van der Waals surface area contributed by atoms with Crippen molar-refractivity contribution in [3.63, 3.8) is 0 Å². The number of nitrogens with one attached hydrogen (secondary N) is 1. The molecule has 2 aromatic carbocycles. The number of carbonyl (C=O) groups excluding carboxylic acids is 1. The van der Waals surface area contributed by atoms with Crippen LogP contribution in [0.4, 0.5) is 5.69 Å². The van der Waals surface area contributed by atoms with Crippen molar-refractivity contribution in [3.8, 4) is 0 Å². The molecular formula is C22H25N3O3S. The zero-order chi connectivity index (χ0) is 20.4. The fraction of sp³-hybridized carbons (Fsp3) is 0.318. The molecule has 1 fully saturated rings. The predicted octanol–water partition coefficient (Wildman–Crippen LogP) is 4.09. The molecule has 1 aliphatic heterocycles. The number of piperidine rings is 1. The lowest BCUT2D eigenvalue weighted by Gasteiger charge is -2.26. The number of fused-ring (bicyclic) bond motifs is 1. The summed E-state index contributed by atoms with van der Waals surface area (Å²) in [7, 11) is -3.54. The van der Waals surface area contributed by atoms with Crippen LogP contribution in [0.2, 0.25) is 0 Å². The van der Waals surface area contributed by atoms with Crippen LogP contribution in [0.15, 0.2) is 59.5 Å². The first-order chi connectivity index (χ1) is 14.0. The smallest absolute Gasteiger partial charge is 0.272 e. The second-order valence-corrected chi connectivity index (χ2v) is 9.22. The molecule has 1 N–H and O–H groups in total. The van der Waals surface area contributed by atoms with Crippen molar-refractivity contribution in [2.24, 2.45) is 0 Å². The molecule has 2 heterocycles. The van der Waals surface area contributed by atoms with Gasteiger partial charge in [0.1, 0.15) is 5.69 Å². The molecule has 0 spiro atoms. The van der Waals surface area contributed by atoms with Gasteiger partial charge in [-0.25, -0.2) is 8.42 Å². The summed E-state index contributed by atoms with van der Waals surface area (Å²) in [5.74, 6) is -0.254. The first-order valence-electron chi connectivity index (χ1n) is 10.0. The molecule has 0 radical (unpaired) electrons. The van der Waals surface area contributed by atoms with Gasteiger partial charge in [-0.2, -0.15) is 4.31 Å². The van der Waals surface area contributed by atoms with Crippen molar-refractivity contribution < 1.29 is 13.2 Å². The normalized spacial score (nSPS) is 15.5. The van der Waals surface area contributed by atoms with Gasteiger partial charge in [-0.05, 0) is 50.1 Å². The average Bonchev–Trinajstić information content (AvgIpc) is 3.13. The molecule has 1 aliphatic rings. The molecule has 0 atom stereocenters. The Hall–Kier alpha value is -2.64. The molecule has 1 saturated heterocycles. The highest BCUT2D eigenvalue weighted by atomic mass is 32.2. The lowest BCUT2D eigenvalue weighted by Crippen LogP contribution is -2.35. The van der Waals surface area contributed by atoms with Gasteiger partial charge in [0.25, 0.3) is 5.91 Å². The number of hydrogen-bond acceptors (Lipinski definition) is 3. The first kappa shape index (κ1) is 19.7. The summed E-state index contributed by atoms with van der Waals surface area (Å²) in [6.45, 7) is 3.76. The summed E-state index contributed by atoms with van der Waals surface area (Å²) in [6, 6.07) is 16.2. The van der Waals surface area contributed by atoms with Crippen LogP contribution in [0, 0.1) is 0 Å². The zero-order valence-corrected chi connectivity index (χ0v) is 17.3. The molecule has 29 heavy (non-hydrogen) atoms. The van der Waals surface area contributed by atoms with E-state index in [0.29, 0.717) is 31.0 Å². The van der Waals surface area contributed by atoms with E-state index in [1.54, 1.807) is 24.3 Å². The minimum absolute atomic E-state index is 0.216. The van der Waals surface area contributed by atoms with Gasteiger partial charge in [0.15, 0.2) is 0 Å². The van der Waals surface area contributed by atoms with E-state index in [4.69, 9.17) is 0 Å². The maximum atomic E-state index is 12.9. The van der Waals surface area contributed by atoms with Crippen molar-refractivity contribution in [2.45, 2.75) is 37.6 Å². The van der Waals surface area contributed by atoms with E-state index in [2.05, 4.69) is 5.32 Å². The third-order valence-corrected chi connectivity index (χ3v) is 7.30. The minimum Gasteiger partial charge on any atom is -0.337 e. The molecule has 152 valence electrons. The third-order valence-electron chi connectivity index (χ3n) is 5.40. The standard InChI is InChI=1S/C22H25N3O3S/c1-2-25-20-12-5-4-9-17(20)15-21(25)22(26)23-18-10-8-11-19(16-18)29(27,28)24-13-6-3-7-14-24/h4-5,8-12,15-16H,2-3,6-7,13-14H2,1H3,(H,23,26). The average molecular weight is 412 g/mol. The second kappa shape index (κ2) is 8.00. The molecule has 6 nitrogen and oxygen atoms in total. The Morgan fingerprint density at radius 1 is 1.00 bits per heavy atom. The maximum Gasteiger partial charge on any atom is 0.272 e. The van der Waals surface area contributed by atoms with Crippen LogP contribution < -0.4 is 5.32 Å². The summed E-state index contributed by atoms with van der Waals surface area (Å²) in [5.41, 5.74) is 2.03. The lowest BCUT2D eigenvalue weighted by molar-refractivity contribution is 0.101.